The van der Waals surface area contributed by atoms with E-state index in [-0.39, 0.29) is 5.69 Å². The van der Waals surface area contributed by atoms with Crippen LogP contribution in [0.15, 0.2) is 6.20 Å². The summed E-state index contributed by atoms with van der Waals surface area (Å²) in [4.78, 5) is 10.9. The van der Waals surface area contributed by atoms with E-state index in [9.17, 15) is 4.79 Å². The maximum absolute atomic E-state index is 10.9. The number of nitrogens with two attached hydrogens (primary N) is 1. The third-order valence-electron chi connectivity index (χ3n) is 1.83. The Balaban J connectivity index is 2.44. The Kier molecular flexibility index (Phi) is 3.76. The van der Waals surface area contributed by atoms with Crippen molar-refractivity contribution in [2.24, 2.45) is 5.73 Å². The fraction of sp³-hybridized carbons (Fsp3) is 0.500. The van der Waals surface area contributed by atoms with Crippen LogP contribution in [-0.2, 0) is 16.1 Å². The van der Waals surface area contributed by atoms with Gasteiger partial charge in [0.25, 0.3) is 0 Å². The lowest BCUT2D eigenvalue weighted by Crippen LogP contribution is -2.32. The van der Waals surface area contributed by atoms with Gasteiger partial charge in [0.15, 0.2) is 5.69 Å². The van der Waals surface area contributed by atoms with Crippen molar-refractivity contribution in [1.29, 1.82) is 5.26 Å². The molecule has 0 saturated carbocycles. The standard InChI is InChI=1S/C8H11N5O2/c1-15-8(14)7(10)2-3-13-5-6(4-9)11-12-13/h5,7H,2-3,10H2,1H3. The van der Waals surface area contributed by atoms with E-state index in [4.69, 9.17) is 11.0 Å². The van der Waals surface area contributed by atoms with Crippen LogP contribution in [0.3, 0.4) is 0 Å². The Morgan fingerprint density at radius 3 is 3.13 bits per heavy atom. The fourth-order valence-electron chi connectivity index (χ4n) is 0.999. The summed E-state index contributed by atoms with van der Waals surface area (Å²) in [5.41, 5.74) is 5.75. The van der Waals surface area contributed by atoms with Crippen LogP contribution in [0, 0.1) is 11.3 Å². The molecule has 0 aliphatic carbocycles. The van der Waals surface area contributed by atoms with E-state index in [1.54, 1.807) is 0 Å². The number of hydrogen-bond acceptors (Lipinski definition) is 6. The number of aromatic nitrogens is 3. The van der Waals surface area contributed by atoms with Crippen molar-refractivity contribution < 1.29 is 9.53 Å². The van der Waals surface area contributed by atoms with Crippen LogP contribution in [-0.4, -0.2) is 34.1 Å². The number of hydrogen-bond donors (Lipinski definition) is 1. The highest BCUT2D eigenvalue weighted by Crippen LogP contribution is 1.96. The third kappa shape index (κ3) is 3.03. The first-order chi connectivity index (χ1) is 7.17. The van der Waals surface area contributed by atoms with Crippen LogP contribution < -0.4 is 5.73 Å². The predicted molar refractivity (Wildman–Crippen MR) is 49.3 cm³/mol. The second-order valence-corrected chi connectivity index (χ2v) is 2.90. The largest absolute Gasteiger partial charge is 0.468 e. The minimum absolute atomic E-state index is 0.238. The van der Waals surface area contributed by atoms with Crippen molar-refractivity contribution in [3.8, 4) is 6.07 Å². The molecule has 0 aliphatic heterocycles. The molecule has 1 heterocycles. The van der Waals surface area contributed by atoms with Gasteiger partial charge in [-0.2, -0.15) is 5.26 Å². The van der Waals surface area contributed by atoms with Gasteiger partial charge in [-0.15, -0.1) is 5.10 Å². The van der Waals surface area contributed by atoms with Crippen molar-refractivity contribution in [2.75, 3.05) is 7.11 Å². The van der Waals surface area contributed by atoms with E-state index in [1.165, 1.54) is 18.0 Å². The number of nitriles is 1. The second kappa shape index (κ2) is 5.07. The van der Waals surface area contributed by atoms with Gasteiger partial charge in [0.1, 0.15) is 12.1 Å². The van der Waals surface area contributed by atoms with E-state index < -0.39 is 12.0 Å². The van der Waals surface area contributed by atoms with Gasteiger partial charge in [-0.3, -0.25) is 9.48 Å². The number of carbonyl (C=O) groups is 1. The smallest absolute Gasteiger partial charge is 0.322 e. The van der Waals surface area contributed by atoms with Gasteiger partial charge < -0.3 is 10.5 Å². The zero-order valence-corrected chi connectivity index (χ0v) is 8.25. The number of methoxy groups -OCH3 is 1. The van der Waals surface area contributed by atoms with Crippen LogP contribution >= 0.6 is 0 Å². The first-order valence-electron chi connectivity index (χ1n) is 4.31. The zero-order valence-electron chi connectivity index (χ0n) is 8.25. The third-order valence-corrected chi connectivity index (χ3v) is 1.83. The Bertz CT molecular complexity index is 381. The predicted octanol–water partition coefficient (Wildman–Crippen LogP) is -0.960. The number of aryl methyl sites for hydroxylation is 1. The maximum Gasteiger partial charge on any atom is 0.322 e. The monoisotopic (exact) mass is 209 g/mol. The van der Waals surface area contributed by atoms with Crippen LogP contribution in [0.5, 0.6) is 0 Å². The summed E-state index contributed by atoms with van der Waals surface area (Å²) in [5, 5.41) is 15.7. The Morgan fingerprint density at radius 2 is 2.60 bits per heavy atom. The van der Waals surface area contributed by atoms with Crippen molar-refractivity contribution in [1.82, 2.24) is 15.0 Å². The number of ether oxygens (including phenoxy) is 1. The topological polar surface area (TPSA) is 107 Å². The minimum atomic E-state index is -0.676. The minimum Gasteiger partial charge on any atom is -0.468 e. The number of carbonyl (C=O) groups excluding carboxylic acids is 1. The van der Waals surface area contributed by atoms with Crippen LogP contribution in [0.2, 0.25) is 0 Å². The van der Waals surface area contributed by atoms with E-state index in [0.717, 1.165) is 0 Å². The summed E-state index contributed by atoms with van der Waals surface area (Å²) in [6, 6.07) is 1.18. The molecule has 2 N–H and O–H groups in total. The normalized spacial score (nSPS) is 11.8. The molecular weight excluding hydrogens is 198 g/mol. The van der Waals surface area contributed by atoms with Gasteiger partial charge in [0, 0.05) is 6.54 Å². The average molecular weight is 209 g/mol. The van der Waals surface area contributed by atoms with Gasteiger partial charge in [-0.05, 0) is 6.42 Å². The Hall–Kier alpha value is -1.94. The molecular formula is C8H11N5O2. The summed E-state index contributed by atoms with van der Waals surface area (Å²) in [6.45, 7) is 0.422. The summed E-state index contributed by atoms with van der Waals surface area (Å²) in [7, 11) is 1.28. The quantitative estimate of drug-likeness (QED) is 0.640. The molecule has 1 unspecified atom stereocenters. The molecule has 1 atom stereocenters. The molecule has 7 heteroatoms. The molecule has 0 spiro atoms. The molecule has 80 valence electrons. The summed E-state index contributed by atoms with van der Waals surface area (Å²) in [6.07, 6.45) is 1.88. The molecule has 0 fully saturated rings. The van der Waals surface area contributed by atoms with Gasteiger partial charge in [0.05, 0.1) is 13.3 Å². The van der Waals surface area contributed by atoms with Crippen molar-refractivity contribution in [3.05, 3.63) is 11.9 Å². The van der Waals surface area contributed by atoms with Gasteiger partial charge in [-0.25, -0.2) is 0 Å². The highest BCUT2D eigenvalue weighted by atomic mass is 16.5. The molecule has 0 radical (unpaired) electrons. The molecule has 0 saturated heterocycles. The van der Waals surface area contributed by atoms with E-state index in [2.05, 4.69) is 15.0 Å². The molecule has 0 aromatic carbocycles. The summed E-state index contributed by atoms with van der Waals surface area (Å²) < 4.78 is 5.92. The zero-order chi connectivity index (χ0) is 11.3. The number of rotatable bonds is 4. The van der Waals surface area contributed by atoms with Crippen LogP contribution in [0.1, 0.15) is 12.1 Å². The second-order valence-electron chi connectivity index (χ2n) is 2.90. The van der Waals surface area contributed by atoms with E-state index in [1.807, 2.05) is 6.07 Å². The van der Waals surface area contributed by atoms with Gasteiger partial charge in [0.2, 0.25) is 0 Å². The molecule has 15 heavy (non-hydrogen) atoms. The molecule has 7 nitrogen and oxygen atoms in total. The van der Waals surface area contributed by atoms with Crippen molar-refractivity contribution in [3.63, 3.8) is 0 Å². The molecule has 0 bridgehead atoms. The number of esters is 1. The molecule has 0 amide bonds. The van der Waals surface area contributed by atoms with E-state index >= 15 is 0 Å². The van der Waals surface area contributed by atoms with Crippen molar-refractivity contribution >= 4 is 5.97 Å². The lowest BCUT2D eigenvalue weighted by atomic mass is 10.2. The molecule has 1 aromatic rings. The summed E-state index contributed by atoms with van der Waals surface area (Å²) >= 11 is 0. The summed E-state index contributed by atoms with van der Waals surface area (Å²) in [5.74, 6) is -0.462. The average Bonchev–Trinajstić information content (AvgIpc) is 2.72. The van der Waals surface area contributed by atoms with Crippen molar-refractivity contribution in [2.45, 2.75) is 19.0 Å². The first kappa shape index (κ1) is 11.1. The van der Waals surface area contributed by atoms with E-state index in [0.29, 0.717) is 13.0 Å². The Morgan fingerprint density at radius 1 is 1.87 bits per heavy atom. The SMILES string of the molecule is COC(=O)C(N)CCn1cc(C#N)nn1. The molecule has 0 aliphatic rings. The first-order valence-corrected chi connectivity index (χ1v) is 4.31. The molecule has 1 rings (SSSR count). The number of nitrogens with zero attached hydrogens (tertiary/aromatic N) is 4. The lowest BCUT2D eigenvalue weighted by Gasteiger charge is -2.07. The van der Waals surface area contributed by atoms with Crippen LogP contribution in [0.4, 0.5) is 0 Å². The molecule has 1 aromatic heterocycles. The fourth-order valence-corrected chi connectivity index (χ4v) is 0.999. The lowest BCUT2D eigenvalue weighted by molar-refractivity contribution is -0.142. The maximum atomic E-state index is 10.9. The van der Waals surface area contributed by atoms with Crippen LogP contribution in [0.25, 0.3) is 0 Å². The Labute approximate surface area is 86.4 Å². The highest BCUT2D eigenvalue weighted by molar-refractivity contribution is 5.75. The highest BCUT2D eigenvalue weighted by Gasteiger charge is 2.13. The van der Waals surface area contributed by atoms with Gasteiger partial charge >= 0.3 is 5.97 Å². The van der Waals surface area contributed by atoms with Gasteiger partial charge in [-0.1, -0.05) is 5.21 Å².